The molecular formula is C30H44O2. The van der Waals surface area contributed by atoms with Gasteiger partial charge in [0.05, 0.1) is 13.2 Å². The van der Waals surface area contributed by atoms with Gasteiger partial charge in [0, 0.05) is 13.0 Å². The molecule has 1 unspecified atom stereocenters. The van der Waals surface area contributed by atoms with Crippen LogP contribution in [0, 0.1) is 11.8 Å². The van der Waals surface area contributed by atoms with Crippen molar-refractivity contribution in [3.63, 3.8) is 0 Å². The van der Waals surface area contributed by atoms with Crippen molar-refractivity contribution in [2.24, 2.45) is 11.8 Å². The molecule has 2 aromatic rings. The summed E-state index contributed by atoms with van der Waals surface area (Å²) in [6.07, 6.45) is 15.5. The highest BCUT2D eigenvalue weighted by Crippen LogP contribution is 2.34. The molecule has 3 rings (SSSR count). The average Bonchev–Trinajstić information content (AvgIpc) is 2.85. The van der Waals surface area contributed by atoms with E-state index < -0.39 is 0 Å². The van der Waals surface area contributed by atoms with E-state index in [9.17, 15) is 5.11 Å². The Labute approximate surface area is 196 Å². The molecule has 0 aliphatic heterocycles. The van der Waals surface area contributed by atoms with Gasteiger partial charge in [-0.15, -0.1) is 0 Å². The van der Waals surface area contributed by atoms with Crippen LogP contribution in [0.4, 0.5) is 0 Å². The van der Waals surface area contributed by atoms with Crippen molar-refractivity contribution in [3.05, 3.63) is 59.7 Å². The first-order chi connectivity index (χ1) is 15.7. The monoisotopic (exact) mass is 436 g/mol. The fraction of sp³-hybridized carbons (Fsp3) is 0.600. The number of methoxy groups -OCH3 is 1. The van der Waals surface area contributed by atoms with E-state index in [0.717, 1.165) is 17.4 Å². The van der Waals surface area contributed by atoms with Gasteiger partial charge in [-0.25, -0.2) is 0 Å². The molecule has 1 N–H and O–H groups in total. The Bertz CT molecular complexity index is 741. The SMILES string of the molecule is CCCCCCC1CCC(CCc2ccc(-c3ccc(C(CO)COC)cc3)cc2)CC1. The maximum Gasteiger partial charge on any atom is 0.0553 e. The zero-order valence-corrected chi connectivity index (χ0v) is 20.4. The smallest absolute Gasteiger partial charge is 0.0553 e. The highest BCUT2D eigenvalue weighted by Gasteiger charge is 2.20. The number of aliphatic hydroxyl groups excluding tert-OH is 1. The highest BCUT2D eigenvalue weighted by molar-refractivity contribution is 5.64. The summed E-state index contributed by atoms with van der Waals surface area (Å²) in [5.74, 6) is 1.99. The van der Waals surface area contributed by atoms with Crippen molar-refractivity contribution in [1.29, 1.82) is 0 Å². The van der Waals surface area contributed by atoms with Gasteiger partial charge in [0.2, 0.25) is 0 Å². The fourth-order valence-corrected chi connectivity index (χ4v) is 5.31. The third-order valence-corrected chi connectivity index (χ3v) is 7.53. The summed E-state index contributed by atoms with van der Waals surface area (Å²) in [5, 5.41) is 9.56. The van der Waals surface area contributed by atoms with Gasteiger partial charge in [-0.3, -0.25) is 0 Å². The zero-order chi connectivity index (χ0) is 22.6. The second-order valence-electron chi connectivity index (χ2n) is 9.93. The molecule has 0 heterocycles. The van der Waals surface area contributed by atoms with Crippen LogP contribution in [0.1, 0.15) is 88.2 Å². The quantitative estimate of drug-likeness (QED) is 0.325. The maximum atomic E-state index is 9.56. The Balaban J connectivity index is 1.42. The molecule has 1 aliphatic rings. The van der Waals surface area contributed by atoms with Crippen LogP contribution in [0.15, 0.2) is 48.5 Å². The van der Waals surface area contributed by atoms with Crippen LogP contribution in [0.25, 0.3) is 11.1 Å². The highest BCUT2D eigenvalue weighted by atomic mass is 16.5. The minimum absolute atomic E-state index is 0.0487. The van der Waals surface area contributed by atoms with Crippen molar-refractivity contribution >= 4 is 0 Å². The predicted octanol–water partition coefficient (Wildman–Crippen LogP) is 7.79. The molecule has 32 heavy (non-hydrogen) atoms. The molecule has 2 heteroatoms. The molecule has 0 radical (unpaired) electrons. The van der Waals surface area contributed by atoms with Gasteiger partial charge >= 0.3 is 0 Å². The van der Waals surface area contributed by atoms with Gasteiger partial charge in [-0.05, 0) is 46.9 Å². The number of rotatable bonds is 13. The third kappa shape index (κ3) is 7.74. The summed E-state index contributed by atoms with van der Waals surface area (Å²) in [6.45, 7) is 2.96. The topological polar surface area (TPSA) is 29.5 Å². The van der Waals surface area contributed by atoms with Crippen LogP contribution < -0.4 is 0 Å². The molecular weight excluding hydrogens is 392 g/mol. The molecule has 2 nitrogen and oxygen atoms in total. The standard InChI is InChI=1S/C30H44O2/c1-3-4-5-6-7-24-8-10-25(11-9-24)12-13-26-14-16-27(17-15-26)28-18-20-29(21-19-28)30(22-31)23-32-2/h14-21,24-25,30-31H,3-13,22-23H2,1-2H3. The summed E-state index contributed by atoms with van der Waals surface area (Å²) in [5.41, 5.74) is 5.08. The Kier molecular flexibility index (Phi) is 10.8. The lowest BCUT2D eigenvalue weighted by Crippen LogP contribution is -2.15. The van der Waals surface area contributed by atoms with Gasteiger partial charge in [0.15, 0.2) is 0 Å². The minimum Gasteiger partial charge on any atom is -0.396 e. The molecule has 0 aromatic heterocycles. The normalized spacial score (nSPS) is 19.7. The molecule has 1 aliphatic carbocycles. The summed E-state index contributed by atoms with van der Waals surface area (Å²) in [6, 6.07) is 17.7. The van der Waals surface area contributed by atoms with E-state index >= 15 is 0 Å². The molecule has 2 aromatic carbocycles. The van der Waals surface area contributed by atoms with E-state index in [2.05, 4.69) is 55.5 Å². The lowest BCUT2D eigenvalue weighted by molar-refractivity contribution is 0.144. The van der Waals surface area contributed by atoms with E-state index in [1.54, 1.807) is 7.11 Å². The summed E-state index contributed by atoms with van der Waals surface area (Å²) in [4.78, 5) is 0. The number of aryl methyl sites for hydroxylation is 1. The van der Waals surface area contributed by atoms with Gasteiger partial charge < -0.3 is 9.84 Å². The Hall–Kier alpha value is -1.64. The molecule has 1 saturated carbocycles. The van der Waals surface area contributed by atoms with E-state index in [1.807, 2.05) is 0 Å². The van der Waals surface area contributed by atoms with Gasteiger partial charge in [-0.1, -0.05) is 113 Å². The van der Waals surface area contributed by atoms with Gasteiger partial charge in [0.1, 0.15) is 0 Å². The first-order valence-corrected chi connectivity index (χ1v) is 13.0. The first-order valence-electron chi connectivity index (χ1n) is 13.0. The van der Waals surface area contributed by atoms with Crippen molar-refractivity contribution in [1.82, 2.24) is 0 Å². The Morgan fingerprint density at radius 2 is 1.41 bits per heavy atom. The minimum atomic E-state index is 0.0487. The third-order valence-electron chi connectivity index (χ3n) is 7.53. The summed E-state index contributed by atoms with van der Waals surface area (Å²) >= 11 is 0. The molecule has 1 atom stereocenters. The molecule has 0 bridgehead atoms. The Morgan fingerprint density at radius 1 is 0.812 bits per heavy atom. The number of hydrogen-bond acceptors (Lipinski definition) is 2. The average molecular weight is 437 g/mol. The maximum absolute atomic E-state index is 9.56. The van der Waals surface area contributed by atoms with E-state index in [4.69, 9.17) is 4.74 Å². The number of hydrogen-bond donors (Lipinski definition) is 1. The van der Waals surface area contributed by atoms with Gasteiger partial charge in [0.25, 0.3) is 0 Å². The molecule has 1 fully saturated rings. The van der Waals surface area contributed by atoms with E-state index in [-0.39, 0.29) is 12.5 Å². The number of unbranched alkanes of at least 4 members (excludes halogenated alkanes) is 3. The van der Waals surface area contributed by atoms with Gasteiger partial charge in [-0.2, -0.15) is 0 Å². The predicted molar refractivity (Wildman–Crippen MR) is 136 cm³/mol. The van der Waals surface area contributed by atoms with Crippen LogP contribution in [-0.2, 0) is 11.2 Å². The van der Waals surface area contributed by atoms with E-state index in [0.29, 0.717) is 6.61 Å². The van der Waals surface area contributed by atoms with Crippen LogP contribution >= 0.6 is 0 Å². The number of ether oxygens (including phenoxy) is 1. The molecule has 176 valence electrons. The second-order valence-corrected chi connectivity index (χ2v) is 9.93. The lowest BCUT2D eigenvalue weighted by Gasteiger charge is -2.28. The van der Waals surface area contributed by atoms with Crippen molar-refractivity contribution in [3.8, 4) is 11.1 Å². The van der Waals surface area contributed by atoms with E-state index in [1.165, 1.54) is 87.3 Å². The largest absolute Gasteiger partial charge is 0.396 e. The second kappa shape index (κ2) is 13.8. The van der Waals surface area contributed by atoms with Crippen LogP contribution in [0.3, 0.4) is 0 Å². The summed E-state index contributed by atoms with van der Waals surface area (Å²) < 4.78 is 5.21. The molecule has 0 amide bonds. The summed E-state index contributed by atoms with van der Waals surface area (Å²) in [7, 11) is 1.68. The van der Waals surface area contributed by atoms with Crippen molar-refractivity contribution in [2.75, 3.05) is 20.3 Å². The number of benzene rings is 2. The zero-order valence-electron chi connectivity index (χ0n) is 20.4. The first kappa shape index (κ1) is 25.0. The van der Waals surface area contributed by atoms with Crippen LogP contribution in [0.2, 0.25) is 0 Å². The van der Waals surface area contributed by atoms with Crippen LogP contribution in [-0.4, -0.2) is 25.4 Å². The van der Waals surface area contributed by atoms with Crippen molar-refractivity contribution < 1.29 is 9.84 Å². The number of aliphatic hydroxyl groups is 1. The fourth-order valence-electron chi connectivity index (χ4n) is 5.31. The van der Waals surface area contributed by atoms with Crippen molar-refractivity contribution in [2.45, 2.75) is 83.5 Å². The molecule has 0 saturated heterocycles. The molecule has 0 spiro atoms. The lowest BCUT2D eigenvalue weighted by atomic mass is 9.77. The van der Waals surface area contributed by atoms with Crippen LogP contribution in [0.5, 0.6) is 0 Å². The Morgan fingerprint density at radius 3 is 1.97 bits per heavy atom.